The number of quaternary nitrogens is 1. The van der Waals surface area contributed by atoms with Crippen molar-refractivity contribution in [1.82, 2.24) is 0 Å². The third kappa shape index (κ3) is 37.0. The molecule has 0 aromatic rings. The van der Waals surface area contributed by atoms with Crippen LogP contribution in [0, 0.1) is 5.92 Å². The molecule has 7 nitrogen and oxygen atoms in total. The molecular weight excluding hydrogens is 657 g/mol. The average molecular weight is 740 g/mol. The van der Waals surface area contributed by atoms with Gasteiger partial charge in [-0.25, -0.2) is 0 Å². The molecule has 0 aliphatic rings. The average Bonchev–Trinajstić information content (AvgIpc) is 3.07. The summed E-state index contributed by atoms with van der Waals surface area (Å²) < 4.78 is 15.9. The second kappa shape index (κ2) is 34.6. The van der Waals surface area contributed by atoms with Crippen LogP contribution in [0.4, 0.5) is 0 Å². The fourth-order valence-electron chi connectivity index (χ4n) is 6.72. The first-order valence-electron chi connectivity index (χ1n) is 21.4. The van der Waals surface area contributed by atoms with Crippen LogP contribution in [0.25, 0.3) is 0 Å². The number of carbonyl (C=O) groups is 2. The smallest absolute Gasteiger partial charge is 0.265 e. The van der Waals surface area contributed by atoms with Gasteiger partial charge in [-0.3, -0.25) is 14.2 Å². The van der Waals surface area contributed by atoms with E-state index in [1.165, 1.54) is 116 Å². The Morgan fingerprint density at radius 3 is 1.41 bits per heavy atom. The molecule has 2 atom stereocenters. The van der Waals surface area contributed by atoms with Crippen LogP contribution in [-0.4, -0.2) is 54.7 Å². The third-order valence-corrected chi connectivity index (χ3v) is 10.5. The summed E-state index contributed by atoms with van der Waals surface area (Å²) in [6.07, 6.45) is 42.1. The first-order chi connectivity index (χ1) is 24.5. The van der Waals surface area contributed by atoms with Crippen LogP contribution in [0.1, 0.15) is 200 Å². The molecule has 51 heavy (non-hydrogen) atoms. The number of ketones is 2. The minimum Gasteiger partial charge on any atom is -0.756 e. The molecule has 0 fully saturated rings. The van der Waals surface area contributed by atoms with Crippen LogP contribution >= 0.6 is 7.82 Å². The molecule has 0 saturated heterocycles. The summed E-state index contributed by atoms with van der Waals surface area (Å²) in [7, 11) is -0.972. The van der Waals surface area contributed by atoms with Gasteiger partial charge in [0, 0.05) is 19.3 Å². The minimum absolute atomic E-state index is 0.134. The van der Waals surface area contributed by atoms with Crippen molar-refractivity contribution in [2.75, 3.05) is 33.8 Å². The van der Waals surface area contributed by atoms with E-state index >= 15 is 0 Å². The summed E-state index contributed by atoms with van der Waals surface area (Å²) >= 11 is 0. The second-order valence-electron chi connectivity index (χ2n) is 15.7. The Balaban J connectivity index is 4.42. The van der Waals surface area contributed by atoms with Crippen molar-refractivity contribution in [3.05, 3.63) is 24.3 Å². The lowest BCUT2D eigenvalue weighted by molar-refractivity contribution is -0.892. The van der Waals surface area contributed by atoms with Crippen LogP contribution in [0.15, 0.2) is 24.3 Å². The zero-order valence-electron chi connectivity index (χ0n) is 33.9. The van der Waals surface area contributed by atoms with Gasteiger partial charge in [-0.05, 0) is 64.2 Å². The molecule has 0 spiro atoms. The molecule has 0 amide bonds. The summed E-state index contributed by atoms with van der Waals surface area (Å²) in [6, 6.07) is 0. The van der Waals surface area contributed by atoms with Gasteiger partial charge < -0.3 is 18.8 Å². The first kappa shape index (κ1) is 49.9. The quantitative estimate of drug-likeness (QED) is 0.0291. The number of allylic oxidation sites excluding steroid dienone is 4. The third-order valence-electron chi connectivity index (χ3n) is 10.00. The normalized spacial score (nSPS) is 14.1. The molecule has 1 unspecified atom stereocenters. The SMILES string of the molecule is CCCCCCCC/C=C\CCCCCCCC(=O)C[C@@H](C[N+](C)(C)CCOP(=O)([O-])O)C(=O)CCCCCCC/C=C\CCCCCCCC. The van der Waals surface area contributed by atoms with Crippen molar-refractivity contribution in [3.8, 4) is 0 Å². The summed E-state index contributed by atoms with van der Waals surface area (Å²) in [4.78, 5) is 46.4. The van der Waals surface area contributed by atoms with E-state index < -0.39 is 7.82 Å². The zero-order valence-corrected chi connectivity index (χ0v) is 34.8. The number of phosphoric ester groups is 1. The molecule has 8 heteroatoms. The number of rotatable bonds is 39. The fourth-order valence-corrected chi connectivity index (χ4v) is 7.03. The van der Waals surface area contributed by atoms with E-state index in [2.05, 4.69) is 42.7 Å². The molecule has 0 aromatic heterocycles. The van der Waals surface area contributed by atoms with E-state index in [1.54, 1.807) is 0 Å². The van der Waals surface area contributed by atoms with E-state index in [0.29, 0.717) is 30.4 Å². The van der Waals surface area contributed by atoms with E-state index in [4.69, 9.17) is 4.89 Å². The van der Waals surface area contributed by atoms with Gasteiger partial charge in [0.05, 0.1) is 26.6 Å². The Morgan fingerprint density at radius 2 is 1.00 bits per heavy atom. The molecule has 0 saturated carbocycles. The Morgan fingerprint density at radius 1 is 0.627 bits per heavy atom. The highest BCUT2D eigenvalue weighted by Crippen LogP contribution is 2.30. The molecular formula is C43H82NO6P. The van der Waals surface area contributed by atoms with Crippen LogP contribution in [0.2, 0.25) is 0 Å². The fraction of sp³-hybridized carbons (Fsp3) is 0.860. The highest BCUT2D eigenvalue weighted by Gasteiger charge is 2.29. The predicted octanol–water partition coefficient (Wildman–Crippen LogP) is 11.8. The van der Waals surface area contributed by atoms with Crippen molar-refractivity contribution < 1.29 is 32.9 Å². The number of hydrogen-bond acceptors (Lipinski definition) is 5. The number of carbonyl (C=O) groups excluding carboxylic acids is 2. The Labute approximate surface area is 315 Å². The molecule has 0 aromatic carbocycles. The second-order valence-corrected chi connectivity index (χ2v) is 16.9. The number of hydrogen-bond donors (Lipinski definition) is 1. The molecule has 0 bridgehead atoms. The van der Waals surface area contributed by atoms with Crippen LogP contribution in [-0.2, 0) is 18.7 Å². The van der Waals surface area contributed by atoms with Crippen molar-refractivity contribution in [2.45, 2.75) is 200 Å². The Kier molecular flexibility index (Phi) is 33.9. The van der Waals surface area contributed by atoms with E-state index in [-0.39, 0.29) is 30.5 Å². The van der Waals surface area contributed by atoms with Crippen molar-refractivity contribution in [3.63, 3.8) is 0 Å². The molecule has 1 N–H and O–H groups in total. The summed E-state index contributed by atoms with van der Waals surface area (Å²) in [6.45, 7) is 5.10. The maximum atomic E-state index is 13.4. The van der Waals surface area contributed by atoms with E-state index in [9.17, 15) is 19.0 Å². The van der Waals surface area contributed by atoms with Gasteiger partial charge in [-0.15, -0.1) is 0 Å². The lowest BCUT2D eigenvalue weighted by atomic mass is 9.91. The van der Waals surface area contributed by atoms with Crippen LogP contribution in [0.5, 0.6) is 0 Å². The molecule has 0 aliphatic carbocycles. The molecule has 0 rings (SSSR count). The highest BCUT2D eigenvalue weighted by molar-refractivity contribution is 7.44. The van der Waals surface area contributed by atoms with E-state index in [1.807, 2.05) is 14.1 Å². The van der Waals surface area contributed by atoms with Gasteiger partial charge in [0.25, 0.3) is 7.82 Å². The van der Waals surface area contributed by atoms with E-state index in [0.717, 1.165) is 51.4 Å². The van der Waals surface area contributed by atoms with Crippen LogP contribution < -0.4 is 4.89 Å². The number of phosphoric acid groups is 1. The standard InChI is InChI=1S/C43H82NO6P/c1-5-7-9-11-13-15-17-19-21-23-25-27-29-31-33-35-42(45)39-41(40-44(3,4)37-38-50-51(47,48)49)43(46)36-34-32-30-28-26-24-22-20-18-16-14-12-10-8-6-2/h19-22,41H,5-18,23-40H2,1-4H3,(H-,47,48,49)/b21-19-,22-20-/t41-/m0/s1. The molecule has 0 aliphatic heterocycles. The van der Waals surface area contributed by atoms with Crippen molar-refractivity contribution >= 4 is 19.4 Å². The topological polar surface area (TPSA) is 104 Å². The molecule has 0 radical (unpaired) electrons. The number of likely N-dealkylation sites (N-methyl/N-ethyl adjacent to an activating group) is 1. The molecule has 300 valence electrons. The summed E-state index contributed by atoms with van der Waals surface area (Å²) in [5.74, 6) is -0.110. The van der Waals surface area contributed by atoms with Crippen molar-refractivity contribution in [2.24, 2.45) is 5.92 Å². The maximum Gasteiger partial charge on any atom is 0.265 e. The van der Waals surface area contributed by atoms with Gasteiger partial charge >= 0.3 is 0 Å². The monoisotopic (exact) mass is 740 g/mol. The zero-order chi connectivity index (χ0) is 37.9. The largest absolute Gasteiger partial charge is 0.756 e. The summed E-state index contributed by atoms with van der Waals surface area (Å²) in [5, 5.41) is 0. The lowest BCUT2D eigenvalue weighted by Gasteiger charge is -2.33. The number of Topliss-reactive ketones (excluding diaryl/α,β-unsaturated/α-hetero) is 2. The van der Waals surface area contributed by atoms with Gasteiger partial charge in [0.1, 0.15) is 24.7 Å². The van der Waals surface area contributed by atoms with Gasteiger partial charge in [-0.1, -0.05) is 141 Å². The predicted molar refractivity (Wildman–Crippen MR) is 215 cm³/mol. The highest BCUT2D eigenvalue weighted by atomic mass is 31.2. The van der Waals surface area contributed by atoms with Gasteiger partial charge in [0.15, 0.2) is 0 Å². The van der Waals surface area contributed by atoms with Gasteiger partial charge in [0.2, 0.25) is 0 Å². The maximum absolute atomic E-state index is 13.4. The number of nitrogens with zero attached hydrogens (tertiary/aromatic N) is 1. The molecule has 0 heterocycles. The van der Waals surface area contributed by atoms with Crippen LogP contribution in [0.3, 0.4) is 0 Å². The lowest BCUT2D eigenvalue weighted by Crippen LogP contribution is -2.47. The van der Waals surface area contributed by atoms with Gasteiger partial charge in [-0.2, -0.15) is 0 Å². The minimum atomic E-state index is -4.79. The summed E-state index contributed by atoms with van der Waals surface area (Å²) in [5.41, 5.74) is 0. The Bertz CT molecular complexity index is 927. The number of unbranched alkanes of at least 4 members (excludes halogenated alkanes) is 22. The Hall–Kier alpha value is -1.11. The van der Waals surface area contributed by atoms with Crippen molar-refractivity contribution in [1.29, 1.82) is 0 Å². The first-order valence-corrected chi connectivity index (χ1v) is 22.8.